The molecule has 0 saturated carbocycles. The van der Waals surface area contributed by atoms with Crippen molar-refractivity contribution in [3.63, 3.8) is 0 Å². The molecule has 7 nitrogen and oxygen atoms in total. The fourth-order valence-corrected chi connectivity index (χ4v) is 5.43. The third-order valence-electron chi connectivity index (χ3n) is 6.16. The number of aromatic nitrogens is 3. The van der Waals surface area contributed by atoms with Gasteiger partial charge in [0.1, 0.15) is 5.01 Å². The van der Waals surface area contributed by atoms with Crippen LogP contribution < -0.4 is 5.56 Å². The molecule has 2 aromatic carbocycles. The number of carbonyl (C=O) groups is 1. The van der Waals surface area contributed by atoms with E-state index >= 15 is 0 Å². The van der Waals surface area contributed by atoms with Crippen molar-refractivity contribution in [3.05, 3.63) is 80.3 Å². The monoisotopic (exact) mass is 491 g/mol. The highest BCUT2D eigenvalue weighted by Crippen LogP contribution is 2.24. The van der Waals surface area contributed by atoms with Crippen molar-refractivity contribution in [3.8, 4) is 10.6 Å². The van der Waals surface area contributed by atoms with Crippen LogP contribution in [-0.4, -0.2) is 56.4 Å². The lowest BCUT2D eigenvalue weighted by Crippen LogP contribution is -2.48. The Balaban J connectivity index is 1.24. The van der Waals surface area contributed by atoms with E-state index in [1.54, 1.807) is 29.5 Å². The SMILES string of the molecule is CCn1c(=S)[nH]c2cc(C(=O)N3CCN(Cc4csc(-c5ccccc5)n4)CC3)ccc2c1=O. The van der Waals surface area contributed by atoms with Crippen LogP contribution in [-0.2, 0) is 13.1 Å². The summed E-state index contributed by atoms with van der Waals surface area (Å²) in [6, 6.07) is 15.4. The number of piperazine rings is 1. The van der Waals surface area contributed by atoms with Crippen LogP contribution in [0.25, 0.3) is 21.5 Å². The summed E-state index contributed by atoms with van der Waals surface area (Å²) in [4.78, 5) is 37.8. The zero-order chi connectivity index (χ0) is 23.7. The Labute approximate surface area is 206 Å². The summed E-state index contributed by atoms with van der Waals surface area (Å²) in [5.41, 5.74) is 3.23. The predicted octanol–water partition coefficient (Wildman–Crippen LogP) is 4.16. The van der Waals surface area contributed by atoms with E-state index in [1.807, 2.05) is 30.0 Å². The average Bonchev–Trinajstić information content (AvgIpc) is 3.33. The molecule has 9 heteroatoms. The third kappa shape index (κ3) is 4.46. The number of carbonyl (C=O) groups excluding carboxylic acids is 1. The number of fused-ring (bicyclic) bond motifs is 1. The number of nitrogens with zero attached hydrogens (tertiary/aromatic N) is 4. The molecule has 1 amide bonds. The fourth-order valence-electron chi connectivity index (χ4n) is 4.29. The van der Waals surface area contributed by atoms with Crippen molar-refractivity contribution in [2.75, 3.05) is 26.2 Å². The zero-order valence-electron chi connectivity index (χ0n) is 18.9. The minimum absolute atomic E-state index is 0.0273. The number of aromatic amines is 1. The van der Waals surface area contributed by atoms with E-state index in [0.29, 0.717) is 40.9 Å². The van der Waals surface area contributed by atoms with Gasteiger partial charge in [0.2, 0.25) is 0 Å². The lowest BCUT2D eigenvalue weighted by Gasteiger charge is -2.34. The minimum Gasteiger partial charge on any atom is -0.336 e. The Morgan fingerprint density at radius 3 is 2.62 bits per heavy atom. The second kappa shape index (κ2) is 9.61. The molecular weight excluding hydrogens is 466 g/mol. The van der Waals surface area contributed by atoms with Gasteiger partial charge in [0.25, 0.3) is 11.5 Å². The summed E-state index contributed by atoms with van der Waals surface area (Å²) >= 11 is 6.96. The molecule has 174 valence electrons. The van der Waals surface area contributed by atoms with Gasteiger partial charge in [-0.25, -0.2) is 4.98 Å². The molecule has 0 unspecified atom stereocenters. The largest absolute Gasteiger partial charge is 0.336 e. The van der Waals surface area contributed by atoms with E-state index in [0.717, 1.165) is 35.9 Å². The number of hydrogen-bond acceptors (Lipinski definition) is 6. The number of benzene rings is 2. The average molecular weight is 492 g/mol. The first-order chi connectivity index (χ1) is 16.5. The maximum atomic E-state index is 13.1. The molecule has 3 heterocycles. The van der Waals surface area contributed by atoms with Crippen molar-refractivity contribution >= 4 is 40.4 Å². The zero-order valence-corrected chi connectivity index (χ0v) is 20.5. The van der Waals surface area contributed by atoms with E-state index in [-0.39, 0.29) is 11.5 Å². The quantitative estimate of drug-likeness (QED) is 0.425. The molecule has 0 bridgehead atoms. The number of amides is 1. The number of rotatable bonds is 5. The molecule has 0 spiro atoms. The summed E-state index contributed by atoms with van der Waals surface area (Å²) in [5, 5.41) is 3.69. The third-order valence-corrected chi connectivity index (χ3v) is 7.43. The number of thiazole rings is 1. The molecule has 1 fully saturated rings. The first-order valence-corrected chi connectivity index (χ1v) is 12.6. The maximum absolute atomic E-state index is 13.1. The van der Waals surface area contributed by atoms with Crippen LogP contribution in [0.15, 0.2) is 58.7 Å². The molecule has 4 aromatic rings. The second-order valence-corrected chi connectivity index (χ2v) is 9.56. The van der Waals surface area contributed by atoms with Crippen LogP contribution in [0.2, 0.25) is 0 Å². The van der Waals surface area contributed by atoms with Gasteiger partial charge in [0.05, 0.1) is 16.6 Å². The molecule has 1 aliphatic heterocycles. The molecule has 1 aliphatic rings. The molecule has 2 aromatic heterocycles. The van der Waals surface area contributed by atoms with Gasteiger partial charge in [-0.15, -0.1) is 11.3 Å². The normalized spacial score (nSPS) is 14.6. The standard InChI is InChI=1S/C25H25N5O2S2/c1-2-30-24(32)20-9-8-18(14-21(20)27-25(30)33)23(31)29-12-10-28(11-13-29)15-19-16-34-22(26-19)17-6-4-3-5-7-17/h3-9,14,16H,2,10-13,15H2,1H3,(H,27,33). The van der Waals surface area contributed by atoms with E-state index in [4.69, 9.17) is 17.2 Å². The first-order valence-electron chi connectivity index (χ1n) is 11.3. The Bertz CT molecular complexity index is 1450. The van der Waals surface area contributed by atoms with Gasteiger partial charge >= 0.3 is 0 Å². The van der Waals surface area contributed by atoms with Gasteiger partial charge < -0.3 is 9.88 Å². The molecule has 0 radical (unpaired) electrons. The molecule has 5 rings (SSSR count). The van der Waals surface area contributed by atoms with Gasteiger partial charge in [-0.1, -0.05) is 30.3 Å². The van der Waals surface area contributed by atoms with Gasteiger partial charge in [0.15, 0.2) is 4.77 Å². The summed E-state index contributed by atoms with van der Waals surface area (Å²) < 4.78 is 1.89. The van der Waals surface area contributed by atoms with E-state index < -0.39 is 0 Å². The first kappa shape index (κ1) is 22.6. The van der Waals surface area contributed by atoms with Gasteiger partial charge in [-0.05, 0) is 37.3 Å². The lowest BCUT2D eigenvalue weighted by atomic mass is 10.1. The molecular formula is C25H25N5O2S2. The highest BCUT2D eigenvalue weighted by atomic mass is 32.1. The maximum Gasteiger partial charge on any atom is 0.262 e. The number of hydrogen-bond donors (Lipinski definition) is 1. The minimum atomic E-state index is -0.133. The van der Waals surface area contributed by atoms with Crippen LogP contribution in [0.3, 0.4) is 0 Å². The number of nitrogens with one attached hydrogen (secondary N) is 1. The van der Waals surface area contributed by atoms with Crippen molar-refractivity contribution in [1.82, 2.24) is 24.3 Å². The Hall–Kier alpha value is -3.14. The topological polar surface area (TPSA) is 74.2 Å². The Morgan fingerprint density at radius 2 is 1.88 bits per heavy atom. The van der Waals surface area contributed by atoms with Crippen LogP contribution in [0, 0.1) is 4.77 Å². The van der Waals surface area contributed by atoms with Gasteiger partial charge in [-0.2, -0.15) is 0 Å². The Morgan fingerprint density at radius 1 is 1.12 bits per heavy atom. The summed E-state index contributed by atoms with van der Waals surface area (Å²) in [6.07, 6.45) is 0. The van der Waals surface area contributed by atoms with Crippen molar-refractivity contribution < 1.29 is 4.79 Å². The highest BCUT2D eigenvalue weighted by Gasteiger charge is 2.23. The predicted molar refractivity (Wildman–Crippen MR) is 138 cm³/mol. The number of H-pyrrole nitrogens is 1. The van der Waals surface area contributed by atoms with Crippen molar-refractivity contribution in [2.45, 2.75) is 20.0 Å². The van der Waals surface area contributed by atoms with E-state index in [9.17, 15) is 9.59 Å². The highest BCUT2D eigenvalue weighted by molar-refractivity contribution is 7.71. The van der Waals surface area contributed by atoms with Crippen molar-refractivity contribution in [1.29, 1.82) is 0 Å². The lowest BCUT2D eigenvalue weighted by molar-refractivity contribution is 0.0627. The molecule has 34 heavy (non-hydrogen) atoms. The summed E-state index contributed by atoms with van der Waals surface area (Å²) in [5.74, 6) is -0.0273. The van der Waals surface area contributed by atoms with Crippen LogP contribution in [0.1, 0.15) is 23.0 Å². The molecule has 1 saturated heterocycles. The molecule has 1 N–H and O–H groups in total. The molecule has 0 aliphatic carbocycles. The summed E-state index contributed by atoms with van der Waals surface area (Å²) in [7, 11) is 0. The fraction of sp³-hybridized carbons (Fsp3) is 0.280. The van der Waals surface area contributed by atoms with Crippen molar-refractivity contribution in [2.24, 2.45) is 0 Å². The smallest absolute Gasteiger partial charge is 0.262 e. The van der Waals surface area contributed by atoms with Crippen LogP contribution in [0.5, 0.6) is 0 Å². The van der Waals surface area contributed by atoms with Crippen LogP contribution >= 0.6 is 23.6 Å². The van der Waals surface area contributed by atoms with E-state index in [1.165, 1.54) is 4.57 Å². The van der Waals surface area contributed by atoms with Gasteiger partial charge in [0, 0.05) is 55.8 Å². The van der Waals surface area contributed by atoms with Gasteiger partial charge in [-0.3, -0.25) is 19.1 Å². The Kier molecular flexibility index (Phi) is 6.40. The van der Waals surface area contributed by atoms with E-state index in [2.05, 4.69) is 27.4 Å². The second-order valence-electron chi connectivity index (χ2n) is 8.32. The van der Waals surface area contributed by atoms with Crippen LogP contribution in [0.4, 0.5) is 0 Å². The summed E-state index contributed by atoms with van der Waals surface area (Å²) in [6.45, 7) is 6.05. The molecule has 0 atom stereocenters.